The van der Waals surface area contributed by atoms with Crippen LogP contribution in [0.4, 0.5) is 0 Å². The Morgan fingerprint density at radius 2 is 2.10 bits per heavy atom. The van der Waals surface area contributed by atoms with Crippen LogP contribution in [0.25, 0.3) is 0 Å². The number of sulfonamides is 1. The SMILES string of the molecule is CCC(=O)c1cccc(S(=O)(=O)NCC(C)CSC)c1. The fraction of sp³-hybridized carbons (Fsp3) is 0.500. The van der Waals surface area contributed by atoms with Crippen LogP contribution < -0.4 is 4.72 Å². The second-order valence-electron chi connectivity index (χ2n) is 4.72. The van der Waals surface area contributed by atoms with E-state index in [1.54, 1.807) is 30.8 Å². The highest BCUT2D eigenvalue weighted by Crippen LogP contribution is 2.13. The van der Waals surface area contributed by atoms with E-state index in [1.807, 2.05) is 13.2 Å². The molecule has 0 spiro atoms. The summed E-state index contributed by atoms with van der Waals surface area (Å²) in [4.78, 5) is 11.8. The van der Waals surface area contributed by atoms with Crippen molar-refractivity contribution in [2.75, 3.05) is 18.6 Å². The number of Topliss-reactive ketones (excluding diaryl/α,β-unsaturated/α-hetero) is 1. The van der Waals surface area contributed by atoms with Crippen molar-refractivity contribution >= 4 is 27.6 Å². The van der Waals surface area contributed by atoms with Gasteiger partial charge in [0.1, 0.15) is 0 Å². The second kappa shape index (κ2) is 7.81. The lowest BCUT2D eigenvalue weighted by atomic mass is 10.1. The lowest BCUT2D eigenvalue weighted by Crippen LogP contribution is -2.29. The largest absolute Gasteiger partial charge is 0.294 e. The van der Waals surface area contributed by atoms with Crippen LogP contribution in [0.2, 0.25) is 0 Å². The minimum absolute atomic E-state index is 0.0576. The van der Waals surface area contributed by atoms with E-state index in [9.17, 15) is 13.2 Å². The Hall–Kier alpha value is -0.850. The van der Waals surface area contributed by atoms with Gasteiger partial charge < -0.3 is 0 Å². The Bertz CT molecular complexity index is 555. The first-order valence-corrected chi connectivity index (χ1v) is 9.40. The predicted molar refractivity (Wildman–Crippen MR) is 83.8 cm³/mol. The van der Waals surface area contributed by atoms with Gasteiger partial charge >= 0.3 is 0 Å². The normalized spacial score (nSPS) is 13.2. The van der Waals surface area contributed by atoms with Crippen LogP contribution in [0.15, 0.2) is 29.2 Å². The van der Waals surface area contributed by atoms with Crippen LogP contribution in [0.1, 0.15) is 30.6 Å². The predicted octanol–water partition coefficient (Wildman–Crippen LogP) is 2.56. The zero-order chi connectivity index (χ0) is 15.2. The Morgan fingerprint density at radius 3 is 2.70 bits per heavy atom. The number of hydrogen-bond acceptors (Lipinski definition) is 4. The van der Waals surface area contributed by atoms with Crippen molar-refractivity contribution in [2.24, 2.45) is 5.92 Å². The van der Waals surface area contributed by atoms with Gasteiger partial charge in [-0.3, -0.25) is 4.79 Å². The quantitative estimate of drug-likeness (QED) is 0.749. The van der Waals surface area contributed by atoms with E-state index in [1.165, 1.54) is 12.1 Å². The molecule has 0 aliphatic rings. The lowest BCUT2D eigenvalue weighted by molar-refractivity contribution is 0.0988. The van der Waals surface area contributed by atoms with Gasteiger partial charge in [0.25, 0.3) is 0 Å². The fourth-order valence-corrected chi connectivity index (χ4v) is 3.62. The molecular weight excluding hydrogens is 294 g/mol. The van der Waals surface area contributed by atoms with Gasteiger partial charge in [0.2, 0.25) is 10.0 Å². The molecule has 6 heteroatoms. The fourth-order valence-electron chi connectivity index (χ4n) is 1.72. The minimum Gasteiger partial charge on any atom is -0.294 e. The molecule has 0 amide bonds. The van der Waals surface area contributed by atoms with Gasteiger partial charge in [-0.15, -0.1) is 0 Å². The van der Waals surface area contributed by atoms with Crippen molar-refractivity contribution in [3.8, 4) is 0 Å². The van der Waals surface area contributed by atoms with Gasteiger partial charge in [-0.1, -0.05) is 26.0 Å². The molecule has 0 saturated carbocycles. The van der Waals surface area contributed by atoms with E-state index in [0.29, 0.717) is 18.5 Å². The molecule has 0 bridgehead atoms. The van der Waals surface area contributed by atoms with Gasteiger partial charge in [0.05, 0.1) is 4.90 Å². The third-order valence-corrected chi connectivity index (χ3v) is 5.18. The highest BCUT2D eigenvalue weighted by molar-refractivity contribution is 7.98. The molecule has 4 nitrogen and oxygen atoms in total. The molecule has 1 rings (SSSR count). The van der Waals surface area contributed by atoms with Crippen molar-refractivity contribution < 1.29 is 13.2 Å². The van der Waals surface area contributed by atoms with Crippen molar-refractivity contribution in [1.29, 1.82) is 0 Å². The molecule has 0 aliphatic heterocycles. The zero-order valence-electron chi connectivity index (χ0n) is 12.0. The number of hydrogen-bond donors (Lipinski definition) is 1. The summed E-state index contributed by atoms with van der Waals surface area (Å²) in [5.41, 5.74) is 0.438. The molecule has 1 aromatic carbocycles. The Labute approximate surface area is 125 Å². The molecule has 1 N–H and O–H groups in total. The van der Waals surface area contributed by atoms with Gasteiger partial charge in [-0.2, -0.15) is 11.8 Å². The lowest BCUT2D eigenvalue weighted by Gasteiger charge is -2.12. The van der Waals surface area contributed by atoms with Crippen molar-refractivity contribution in [2.45, 2.75) is 25.2 Å². The van der Waals surface area contributed by atoms with Crippen LogP contribution in [-0.2, 0) is 10.0 Å². The van der Waals surface area contributed by atoms with E-state index >= 15 is 0 Å². The Balaban J connectivity index is 2.85. The van der Waals surface area contributed by atoms with E-state index < -0.39 is 10.0 Å². The first-order chi connectivity index (χ1) is 9.40. The molecule has 112 valence electrons. The summed E-state index contributed by atoms with van der Waals surface area (Å²) in [6.45, 7) is 4.15. The summed E-state index contributed by atoms with van der Waals surface area (Å²) < 4.78 is 26.9. The van der Waals surface area contributed by atoms with E-state index in [0.717, 1.165) is 5.75 Å². The van der Waals surface area contributed by atoms with Crippen LogP contribution >= 0.6 is 11.8 Å². The number of carbonyl (C=O) groups excluding carboxylic acids is 1. The minimum atomic E-state index is -3.55. The van der Waals surface area contributed by atoms with E-state index in [2.05, 4.69) is 4.72 Å². The zero-order valence-corrected chi connectivity index (χ0v) is 13.7. The first-order valence-electron chi connectivity index (χ1n) is 6.52. The van der Waals surface area contributed by atoms with Gasteiger partial charge in [-0.25, -0.2) is 13.1 Å². The molecule has 1 atom stereocenters. The average molecular weight is 315 g/mol. The number of nitrogens with one attached hydrogen (secondary N) is 1. The summed E-state index contributed by atoms with van der Waals surface area (Å²) in [6, 6.07) is 6.19. The first kappa shape index (κ1) is 17.2. The molecule has 20 heavy (non-hydrogen) atoms. The smallest absolute Gasteiger partial charge is 0.240 e. The average Bonchev–Trinajstić information content (AvgIpc) is 2.45. The summed E-state index contributed by atoms with van der Waals surface area (Å²) in [7, 11) is -3.55. The van der Waals surface area contributed by atoms with Crippen LogP contribution in [0, 0.1) is 5.92 Å². The maximum absolute atomic E-state index is 12.2. The maximum Gasteiger partial charge on any atom is 0.240 e. The summed E-state index contributed by atoms with van der Waals surface area (Å²) in [5.74, 6) is 1.11. The molecule has 0 fully saturated rings. The highest BCUT2D eigenvalue weighted by Gasteiger charge is 2.16. The van der Waals surface area contributed by atoms with Crippen LogP contribution in [0.3, 0.4) is 0 Å². The van der Waals surface area contributed by atoms with Gasteiger partial charge in [-0.05, 0) is 30.1 Å². The Kier molecular flexibility index (Phi) is 6.71. The molecule has 0 saturated heterocycles. The highest BCUT2D eigenvalue weighted by atomic mass is 32.2. The van der Waals surface area contributed by atoms with Crippen LogP contribution in [-0.4, -0.2) is 32.8 Å². The molecule has 0 heterocycles. The summed E-state index contributed by atoms with van der Waals surface area (Å²) in [6.07, 6.45) is 2.35. The molecule has 1 aromatic rings. The number of ketones is 1. The third-order valence-electron chi connectivity index (χ3n) is 2.86. The summed E-state index contributed by atoms with van der Waals surface area (Å²) >= 11 is 1.69. The Morgan fingerprint density at radius 1 is 1.40 bits per heavy atom. The van der Waals surface area contributed by atoms with E-state index in [4.69, 9.17) is 0 Å². The molecule has 1 unspecified atom stereocenters. The molecule has 0 aliphatic carbocycles. The molecule has 0 radical (unpaired) electrons. The molecular formula is C14H21NO3S2. The standard InChI is InChI=1S/C14H21NO3S2/c1-4-14(16)12-6-5-7-13(8-12)20(17,18)15-9-11(2)10-19-3/h5-8,11,15H,4,9-10H2,1-3H3. The van der Waals surface area contributed by atoms with Gasteiger partial charge in [0.15, 0.2) is 5.78 Å². The summed E-state index contributed by atoms with van der Waals surface area (Å²) in [5, 5.41) is 0. The van der Waals surface area contributed by atoms with Crippen molar-refractivity contribution in [3.05, 3.63) is 29.8 Å². The number of carbonyl (C=O) groups is 1. The third kappa shape index (κ3) is 4.92. The van der Waals surface area contributed by atoms with Crippen molar-refractivity contribution in [3.63, 3.8) is 0 Å². The monoisotopic (exact) mass is 315 g/mol. The topological polar surface area (TPSA) is 63.2 Å². The number of rotatable bonds is 8. The number of thioether (sulfide) groups is 1. The second-order valence-corrected chi connectivity index (χ2v) is 7.39. The van der Waals surface area contributed by atoms with Crippen molar-refractivity contribution in [1.82, 2.24) is 4.72 Å². The van der Waals surface area contributed by atoms with Gasteiger partial charge in [0, 0.05) is 18.5 Å². The maximum atomic E-state index is 12.2. The van der Waals surface area contributed by atoms with E-state index in [-0.39, 0.29) is 16.6 Å². The number of benzene rings is 1. The molecule has 0 aromatic heterocycles. The van der Waals surface area contributed by atoms with Crippen LogP contribution in [0.5, 0.6) is 0 Å².